The second-order valence-corrected chi connectivity index (χ2v) is 9.52. The summed E-state index contributed by atoms with van der Waals surface area (Å²) in [6.07, 6.45) is 4.25. The average molecular weight is 514 g/mol. The molecular formula is C26H35N5O4S. The number of carbonyl (C=O) groups excluding carboxylic acids is 2. The Balaban J connectivity index is 1.64. The lowest BCUT2D eigenvalue weighted by Gasteiger charge is -2.33. The van der Waals surface area contributed by atoms with E-state index in [-0.39, 0.29) is 12.6 Å². The molecule has 1 atom stereocenters. The van der Waals surface area contributed by atoms with E-state index in [0.717, 1.165) is 36.4 Å². The monoisotopic (exact) mass is 513 g/mol. The van der Waals surface area contributed by atoms with Gasteiger partial charge in [0.2, 0.25) is 0 Å². The van der Waals surface area contributed by atoms with Crippen LogP contribution < -0.4 is 26.4 Å². The molecule has 10 heteroatoms. The quantitative estimate of drug-likeness (QED) is 0.160. The standard InChI is InChI=1S/C26H35N5O4S/c1-3-4-7-15-31-20-10-5-6-11-22(20)36-23-13-12-18(16-21(23)31)35-17-24(32)30-19(25(33)34-2)9-8-14-29-26(27)28/h5-6,10-13,16,19H,3-4,7-9,14-15,17H2,1-2H3,(H,30,32)(H4,27,28,29)/t19-/m0/s1. The first-order valence-electron chi connectivity index (χ1n) is 12.2. The van der Waals surface area contributed by atoms with E-state index < -0.39 is 17.9 Å². The Hall–Kier alpha value is -3.40. The minimum atomic E-state index is -0.800. The van der Waals surface area contributed by atoms with Crippen LogP contribution in [0.4, 0.5) is 11.4 Å². The smallest absolute Gasteiger partial charge is 0.328 e. The third kappa shape index (κ3) is 7.55. The molecule has 0 radical (unpaired) electrons. The van der Waals surface area contributed by atoms with Gasteiger partial charge in [-0.15, -0.1) is 0 Å². The van der Waals surface area contributed by atoms with Crippen molar-refractivity contribution in [1.29, 1.82) is 0 Å². The molecule has 0 aliphatic carbocycles. The van der Waals surface area contributed by atoms with Gasteiger partial charge in [0.05, 0.1) is 18.5 Å². The summed E-state index contributed by atoms with van der Waals surface area (Å²) in [5.74, 6) is -0.366. The molecule has 0 spiro atoms. The Morgan fingerprint density at radius 2 is 1.86 bits per heavy atom. The number of guanidine groups is 1. The lowest BCUT2D eigenvalue weighted by Crippen LogP contribution is -2.43. The van der Waals surface area contributed by atoms with Crippen molar-refractivity contribution < 1.29 is 19.1 Å². The van der Waals surface area contributed by atoms with E-state index in [9.17, 15) is 9.59 Å². The molecule has 0 saturated heterocycles. The number of carbonyl (C=O) groups is 2. The van der Waals surface area contributed by atoms with Crippen molar-refractivity contribution in [3.8, 4) is 5.75 Å². The number of methoxy groups -OCH3 is 1. The highest BCUT2D eigenvalue weighted by Gasteiger charge is 2.24. The number of amides is 1. The number of nitrogens with two attached hydrogens (primary N) is 2. The molecule has 3 rings (SSSR count). The molecule has 9 nitrogen and oxygen atoms in total. The highest BCUT2D eigenvalue weighted by molar-refractivity contribution is 7.99. The van der Waals surface area contributed by atoms with Crippen LogP contribution in [0.1, 0.15) is 39.0 Å². The number of benzene rings is 2. The molecule has 2 aromatic rings. The highest BCUT2D eigenvalue weighted by atomic mass is 32.2. The number of rotatable bonds is 13. The third-order valence-corrected chi connectivity index (χ3v) is 6.85. The molecular weight excluding hydrogens is 478 g/mol. The van der Waals surface area contributed by atoms with Crippen LogP contribution in [0.15, 0.2) is 57.2 Å². The molecule has 2 aromatic carbocycles. The minimum absolute atomic E-state index is 0.0158. The Morgan fingerprint density at radius 1 is 1.08 bits per heavy atom. The second kappa shape index (κ2) is 13.6. The Morgan fingerprint density at radius 3 is 2.61 bits per heavy atom. The van der Waals surface area contributed by atoms with Crippen LogP contribution in [0.2, 0.25) is 0 Å². The normalized spacial score (nSPS) is 12.7. The fourth-order valence-corrected chi connectivity index (χ4v) is 5.02. The van der Waals surface area contributed by atoms with Crippen LogP contribution >= 0.6 is 11.8 Å². The maximum atomic E-state index is 12.6. The Kier molecular flexibility index (Phi) is 10.3. The zero-order valence-electron chi connectivity index (χ0n) is 20.9. The van der Waals surface area contributed by atoms with E-state index in [0.29, 0.717) is 25.1 Å². The maximum absolute atomic E-state index is 12.6. The number of esters is 1. The average Bonchev–Trinajstić information content (AvgIpc) is 2.88. The molecule has 5 N–H and O–H groups in total. The van der Waals surface area contributed by atoms with Crippen molar-refractivity contribution in [1.82, 2.24) is 5.32 Å². The first-order valence-corrected chi connectivity index (χ1v) is 13.0. The van der Waals surface area contributed by atoms with Crippen molar-refractivity contribution in [2.75, 3.05) is 31.7 Å². The number of fused-ring (bicyclic) bond motifs is 2. The number of hydrogen-bond acceptors (Lipinski definition) is 7. The number of anilines is 2. The lowest BCUT2D eigenvalue weighted by atomic mass is 10.1. The number of nitrogens with zero attached hydrogens (tertiary/aromatic N) is 2. The molecule has 0 aromatic heterocycles. The van der Waals surface area contributed by atoms with E-state index in [4.69, 9.17) is 20.9 Å². The SMILES string of the molecule is CCCCCN1c2ccccc2Sc2ccc(OCC(=O)N[C@@H](CCCN=C(N)N)C(=O)OC)cc21. The van der Waals surface area contributed by atoms with Crippen molar-refractivity contribution in [3.05, 3.63) is 42.5 Å². The molecule has 1 aliphatic heterocycles. The lowest BCUT2D eigenvalue weighted by molar-refractivity contribution is -0.145. The van der Waals surface area contributed by atoms with E-state index in [2.05, 4.69) is 46.4 Å². The van der Waals surface area contributed by atoms with Crippen molar-refractivity contribution in [2.45, 2.75) is 54.9 Å². The summed E-state index contributed by atoms with van der Waals surface area (Å²) in [4.78, 5) is 33.2. The summed E-state index contributed by atoms with van der Waals surface area (Å²) in [5.41, 5.74) is 12.9. The summed E-state index contributed by atoms with van der Waals surface area (Å²) in [6, 6.07) is 13.4. The van der Waals surface area contributed by atoms with Crippen LogP contribution in [-0.4, -0.2) is 50.7 Å². The second-order valence-electron chi connectivity index (χ2n) is 8.44. The topological polar surface area (TPSA) is 132 Å². The number of para-hydroxylation sites is 1. The van der Waals surface area contributed by atoms with Gasteiger partial charge in [0.15, 0.2) is 12.6 Å². The predicted molar refractivity (Wildman–Crippen MR) is 143 cm³/mol. The fraction of sp³-hybridized carbons (Fsp3) is 0.423. The van der Waals surface area contributed by atoms with Gasteiger partial charge in [0.1, 0.15) is 11.8 Å². The first kappa shape index (κ1) is 27.2. The molecule has 0 fully saturated rings. The van der Waals surface area contributed by atoms with Crippen LogP contribution in [0.5, 0.6) is 5.75 Å². The van der Waals surface area contributed by atoms with Crippen LogP contribution in [0.25, 0.3) is 0 Å². The van der Waals surface area contributed by atoms with Gasteiger partial charge in [0.25, 0.3) is 5.91 Å². The summed E-state index contributed by atoms with van der Waals surface area (Å²) < 4.78 is 10.6. The van der Waals surface area contributed by atoms with Gasteiger partial charge >= 0.3 is 5.97 Å². The van der Waals surface area contributed by atoms with Gasteiger partial charge in [-0.1, -0.05) is 43.7 Å². The number of nitrogens with one attached hydrogen (secondary N) is 1. The number of ether oxygens (including phenoxy) is 2. The van der Waals surface area contributed by atoms with Gasteiger partial charge in [-0.25, -0.2) is 4.79 Å². The highest BCUT2D eigenvalue weighted by Crippen LogP contribution is 2.49. The zero-order valence-corrected chi connectivity index (χ0v) is 21.7. The summed E-state index contributed by atoms with van der Waals surface area (Å²) in [6.45, 7) is 3.23. The number of unbranched alkanes of at least 4 members (excludes halogenated alkanes) is 2. The van der Waals surface area contributed by atoms with E-state index in [1.165, 1.54) is 17.7 Å². The molecule has 1 heterocycles. The summed E-state index contributed by atoms with van der Waals surface area (Å²) in [5, 5.41) is 2.68. The minimum Gasteiger partial charge on any atom is -0.484 e. The molecule has 194 valence electrons. The van der Waals surface area contributed by atoms with Gasteiger partial charge < -0.3 is 31.2 Å². The van der Waals surface area contributed by atoms with E-state index in [1.54, 1.807) is 11.8 Å². The number of aliphatic imine (C=N–C) groups is 1. The summed E-state index contributed by atoms with van der Waals surface area (Å²) >= 11 is 1.73. The molecule has 1 aliphatic rings. The van der Waals surface area contributed by atoms with E-state index >= 15 is 0 Å². The van der Waals surface area contributed by atoms with E-state index in [1.807, 2.05) is 18.2 Å². The Labute approximate surface area is 216 Å². The third-order valence-electron chi connectivity index (χ3n) is 5.72. The van der Waals surface area contributed by atoms with Crippen molar-refractivity contribution in [3.63, 3.8) is 0 Å². The first-order chi connectivity index (χ1) is 17.4. The Bertz CT molecular complexity index is 1070. The zero-order chi connectivity index (χ0) is 25.9. The van der Waals surface area contributed by atoms with Gasteiger partial charge in [-0.05, 0) is 43.5 Å². The summed E-state index contributed by atoms with van der Waals surface area (Å²) in [7, 11) is 1.28. The molecule has 0 unspecified atom stereocenters. The molecule has 0 saturated carbocycles. The fourth-order valence-electron chi connectivity index (χ4n) is 3.94. The van der Waals surface area contributed by atoms with Crippen LogP contribution in [0.3, 0.4) is 0 Å². The predicted octanol–water partition coefficient (Wildman–Crippen LogP) is 3.57. The number of hydrogen-bond donors (Lipinski definition) is 3. The van der Waals surface area contributed by atoms with Crippen LogP contribution in [-0.2, 0) is 14.3 Å². The maximum Gasteiger partial charge on any atom is 0.328 e. The van der Waals surface area contributed by atoms with Gasteiger partial charge in [-0.3, -0.25) is 9.79 Å². The van der Waals surface area contributed by atoms with Gasteiger partial charge in [-0.2, -0.15) is 0 Å². The van der Waals surface area contributed by atoms with Crippen molar-refractivity contribution >= 4 is 41.0 Å². The molecule has 0 bridgehead atoms. The molecule has 1 amide bonds. The van der Waals surface area contributed by atoms with Gasteiger partial charge in [0, 0.05) is 28.9 Å². The molecule has 36 heavy (non-hydrogen) atoms. The largest absolute Gasteiger partial charge is 0.484 e. The van der Waals surface area contributed by atoms with Crippen LogP contribution in [0, 0.1) is 0 Å². The van der Waals surface area contributed by atoms with Crippen molar-refractivity contribution in [2.24, 2.45) is 16.5 Å².